The van der Waals surface area contributed by atoms with Crippen molar-refractivity contribution in [1.29, 1.82) is 0 Å². The van der Waals surface area contributed by atoms with Crippen LogP contribution in [0.4, 0.5) is 10.5 Å². The molecular formula is C24H28N2O3S. The van der Waals surface area contributed by atoms with Gasteiger partial charge in [0.2, 0.25) is 0 Å². The van der Waals surface area contributed by atoms with Gasteiger partial charge in [-0.05, 0) is 62.7 Å². The maximum Gasteiger partial charge on any atom is 0.293 e. The van der Waals surface area contributed by atoms with Crippen LogP contribution in [0.1, 0.15) is 31.9 Å². The van der Waals surface area contributed by atoms with E-state index in [1.807, 2.05) is 55.5 Å². The van der Waals surface area contributed by atoms with Crippen LogP contribution in [0.25, 0.3) is 6.08 Å². The van der Waals surface area contributed by atoms with E-state index in [1.165, 1.54) is 4.90 Å². The van der Waals surface area contributed by atoms with Crippen molar-refractivity contribution in [3.8, 4) is 5.75 Å². The van der Waals surface area contributed by atoms with Crippen LogP contribution in [0, 0.1) is 0 Å². The number of nitrogens with zero attached hydrogens (tertiary/aromatic N) is 2. The lowest BCUT2D eigenvalue weighted by Crippen LogP contribution is -2.30. The smallest absolute Gasteiger partial charge is 0.293 e. The van der Waals surface area contributed by atoms with Crippen LogP contribution in [0.3, 0.4) is 0 Å². The first kappa shape index (κ1) is 22.0. The van der Waals surface area contributed by atoms with Crippen molar-refractivity contribution in [2.24, 2.45) is 0 Å². The maximum atomic E-state index is 12.8. The summed E-state index contributed by atoms with van der Waals surface area (Å²) in [6, 6.07) is 15.9. The quantitative estimate of drug-likeness (QED) is 0.517. The highest BCUT2D eigenvalue weighted by Crippen LogP contribution is 2.35. The normalized spacial score (nSPS) is 15.2. The first-order valence-electron chi connectivity index (χ1n) is 10.4. The predicted octanol–water partition coefficient (Wildman–Crippen LogP) is 5.21. The Morgan fingerprint density at radius 2 is 1.77 bits per heavy atom. The summed E-state index contributed by atoms with van der Waals surface area (Å²) in [5.41, 5.74) is 2.99. The second kappa shape index (κ2) is 10.3. The van der Waals surface area contributed by atoms with E-state index in [1.54, 1.807) is 6.08 Å². The maximum absolute atomic E-state index is 12.8. The van der Waals surface area contributed by atoms with Gasteiger partial charge in [-0.25, -0.2) is 0 Å². The lowest BCUT2D eigenvalue weighted by molar-refractivity contribution is -0.122. The van der Waals surface area contributed by atoms with Gasteiger partial charge in [0, 0.05) is 37.0 Å². The fraction of sp³-hybridized carbons (Fsp3) is 0.333. The molecule has 1 aliphatic heterocycles. The number of carbonyl (C=O) groups excluding carboxylic acids is 2. The van der Waals surface area contributed by atoms with Gasteiger partial charge < -0.3 is 9.64 Å². The van der Waals surface area contributed by atoms with Gasteiger partial charge in [0.25, 0.3) is 11.1 Å². The summed E-state index contributed by atoms with van der Waals surface area (Å²) in [5, 5.41) is -0.222. The summed E-state index contributed by atoms with van der Waals surface area (Å²) >= 11 is 0.991. The van der Waals surface area contributed by atoms with E-state index >= 15 is 0 Å². The zero-order valence-corrected chi connectivity index (χ0v) is 18.6. The Kier molecular flexibility index (Phi) is 7.57. The highest BCUT2D eigenvalue weighted by Gasteiger charge is 2.34. The molecule has 1 fully saturated rings. The predicted molar refractivity (Wildman–Crippen MR) is 124 cm³/mol. The molecule has 158 valence electrons. The van der Waals surface area contributed by atoms with Crippen molar-refractivity contribution in [2.75, 3.05) is 31.1 Å². The fourth-order valence-corrected chi connectivity index (χ4v) is 4.28. The molecule has 2 amide bonds. The van der Waals surface area contributed by atoms with Gasteiger partial charge in [-0.2, -0.15) is 0 Å². The molecule has 2 aromatic rings. The molecule has 6 heteroatoms. The second-order valence-electron chi connectivity index (χ2n) is 6.90. The van der Waals surface area contributed by atoms with E-state index in [0.29, 0.717) is 24.5 Å². The molecule has 1 heterocycles. The molecular weight excluding hydrogens is 396 g/mol. The topological polar surface area (TPSA) is 49.9 Å². The average molecular weight is 425 g/mol. The number of ether oxygens (including phenoxy) is 1. The van der Waals surface area contributed by atoms with Crippen molar-refractivity contribution in [1.82, 2.24) is 4.90 Å². The number of amides is 2. The van der Waals surface area contributed by atoms with Gasteiger partial charge in [0.1, 0.15) is 5.75 Å². The molecule has 0 aliphatic carbocycles. The lowest BCUT2D eigenvalue weighted by atomic mass is 10.1. The summed E-state index contributed by atoms with van der Waals surface area (Å²) in [6.45, 7) is 8.88. The van der Waals surface area contributed by atoms with Gasteiger partial charge in [-0.15, -0.1) is 0 Å². The standard InChI is InChI=1S/C24H28N2O3S/c1-4-25(5-2)20-13-12-19(21(17-20)29-6-3)16-22-23(27)26(24(28)30-22)15-14-18-10-8-7-9-11-18/h7-13,16-17H,4-6,14-15H2,1-3H3/b22-16-. The summed E-state index contributed by atoms with van der Waals surface area (Å²) in [4.78, 5) is 29.3. The number of thioether (sulfide) groups is 1. The van der Waals surface area contributed by atoms with E-state index in [9.17, 15) is 9.59 Å². The Balaban J connectivity index is 1.80. The third kappa shape index (κ3) is 5.05. The third-order valence-corrected chi connectivity index (χ3v) is 5.96. The van der Waals surface area contributed by atoms with Crippen LogP contribution < -0.4 is 9.64 Å². The molecule has 0 atom stereocenters. The van der Waals surface area contributed by atoms with Crippen LogP contribution in [-0.4, -0.2) is 42.3 Å². The van der Waals surface area contributed by atoms with Crippen LogP contribution in [0.2, 0.25) is 0 Å². The first-order chi connectivity index (χ1) is 14.6. The monoisotopic (exact) mass is 424 g/mol. The minimum absolute atomic E-state index is 0.222. The Morgan fingerprint density at radius 3 is 2.43 bits per heavy atom. The van der Waals surface area contributed by atoms with Gasteiger partial charge in [0.15, 0.2) is 0 Å². The number of carbonyl (C=O) groups is 2. The molecule has 2 aromatic carbocycles. The highest BCUT2D eigenvalue weighted by molar-refractivity contribution is 8.18. The molecule has 0 radical (unpaired) electrons. The van der Waals surface area contributed by atoms with E-state index < -0.39 is 0 Å². The summed E-state index contributed by atoms with van der Waals surface area (Å²) in [6.07, 6.45) is 2.42. The molecule has 1 aliphatic rings. The van der Waals surface area contributed by atoms with E-state index in [-0.39, 0.29) is 11.1 Å². The SMILES string of the molecule is CCOc1cc(N(CC)CC)ccc1/C=C1\SC(=O)N(CCc2ccccc2)C1=O. The number of rotatable bonds is 9. The molecule has 0 N–H and O–H groups in total. The minimum Gasteiger partial charge on any atom is -0.493 e. The van der Waals surface area contributed by atoms with E-state index in [0.717, 1.165) is 47.4 Å². The van der Waals surface area contributed by atoms with Crippen LogP contribution in [-0.2, 0) is 11.2 Å². The van der Waals surface area contributed by atoms with Gasteiger partial charge in [-0.3, -0.25) is 14.5 Å². The number of hydrogen-bond donors (Lipinski definition) is 0. The lowest BCUT2D eigenvalue weighted by Gasteiger charge is -2.22. The Labute approximate surface area is 182 Å². The zero-order valence-electron chi connectivity index (χ0n) is 17.8. The fourth-order valence-electron chi connectivity index (χ4n) is 3.43. The third-order valence-electron chi connectivity index (χ3n) is 5.05. The van der Waals surface area contributed by atoms with Crippen LogP contribution in [0.15, 0.2) is 53.4 Å². The minimum atomic E-state index is -0.240. The molecule has 0 unspecified atom stereocenters. The van der Waals surface area contributed by atoms with Crippen molar-refractivity contribution in [2.45, 2.75) is 27.2 Å². The molecule has 30 heavy (non-hydrogen) atoms. The van der Waals surface area contributed by atoms with Crippen molar-refractivity contribution in [3.63, 3.8) is 0 Å². The van der Waals surface area contributed by atoms with Crippen molar-refractivity contribution >= 4 is 34.7 Å². The number of anilines is 1. The highest BCUT2D eigenvalue weighted by atomic mass is 32.2. The van der Waals surface area contributed by atoms with Gasteiger partial charge in [-0.1, -0.05) is 30.3 Å². The Hall–Kier alpha value is -2.73. The number of benzene rings is 2. The summed E-state index contributed by atoms with van der Waals surface area (Å²) < 4.78 is 5.83. The molecule has 0 spiro atoms. The van der Waals surface area contributed by atoms with Crippen molar-refractivity contribution < 1.29 is 14.3 Å². The molecule has 1 saturated heterocycles. The molecule has 0 aromatic heterocycles. The number of hydrogen-bond acceptors (Lipinski definition) is 5. The molecule has 0 bridgehead atoms. The number of imide groups is 1. The summed E-state index contributed by atoms with van der Waals surface area (Å²) in [7, 11) is 0. The summed E-state index contributed by atoms with van der Waals surface area (Å²) in [5.74, 6) is 0.481. The average Bonchev–Trinajstić information content (AvgIpc) is 3.02. The van der Waals surface area contributed by atoms with Crippen LogP contribution >= 0.6 is 11.8 Å². The zero-order chi connectivity index (χ0) is 21.5. The Bertz CT molecular complexity index is 923. The first-order valence-corrected chi connectivity index (χ1v) is 11.2. The van der Waals surface area contributed by atoms with Crippen molar-refractivity contribution in [3.05, 3.63) is 64.6 Å². The van der Waals surface area contributed by atoms with Crippen LogP contribution in [0.5, 0.6) is 5.75 Å². The largest absolute Gasteiger partial charge is 0.493 e. The van der Waals surface area contributed by atoms with E-state index in [4.69, 9.17) is 4.74 Å². The van der Waals surface area contributed by atoms with Gasteiger partial charge >= 0.3 is 0 Å². The Morgan fingerprint density at radius 1 is 1.03 bits per heavy atom. The molecule has 3 rings (SSSR count). The van der Waals surface area contributed by atoms with Gasteiger partial charge in [0.05, 0.1) is 11.5 Å². The van der Waals surface area contributed by atoms with E-state index in [2.05, 4.69) is 18.7 Å². The molecule has 5 nitrogen and oxygen atoms in total. The second-order valence-corrected chi connectivity index (χ2v) is 7.89. The molecule has 0 saturated carbocycles.